The summed E-state index contributed by atoms with van der Waals surface area (Å²) in [5.74, 6) is 0.925. The molecule has 0 saturated carbocycles. The summed E-state index contributed by atoms with van der Waals surface area (Å²) in [5.41, 5.74) is 11.2. The fraction of sp³-hybridized carbons (Fsp3) is 0.471. The van der Waals surface area contributed by atoms with E-state index in [0.717, 1.165) is 18.7 Å². The molecule has 0 saturated heterocycles. The molecule has 0 radical (unpaired) electrons. The number of para-hydroxylation sites is 1. The van der Waals surface area contributed by atoms with Crippen molar-refractivity contribution >= 4 is 0 Å². The normalized spacial score (nSPS) is 18.3. The van der Waals surface area contributed by atoms with Gasteiger partial charge in [0.15, 0.2) is 0 Å². The fourth-order valence-corrected chi connectivity index (χ4v) is 3.27. The van der Waals surface area contributed by atoms with Crippen molar-refractivity contribution < 1.29 is 0 Å². The van der Waals surface area contributed by atoms with Gasteiger partial charge in [0, 0.05) is 11.3 Å². The molecule has 2 aromatic rings. The van der Waals surface area contributed by atoms with Gasteiger partial charge in [-0.3, -0.25) is 0 Å². The van der Waals surface area contributed by atoms with Gasteiger partial charge in [-0.25, -0.2) is 4.68 Å². The minimum atomic E-state index is 0.445. The Kier molecular flexibility index (Phi) is 3.62. The van der Waals surface area contributed by atoms with Gasteiger partial charge in [0.2, 0.25) is 0 Å². The Bertz CT molecular complexity index is 584. The highest BCUT2D eigenvalue weighted by Crippen LogP contribution is 2.37. The number of benzene rings is 1. The standard InChI is InChI=1S/C17H23N3/c1-12(2)17-16-13(11-18)7-6-10-15(16)20(19-17)14-8-4-3-5-9-14/h3-5,8-9,12-13H,6-7,10-11,18H2,1-2H3. The number of rotatable bonds is 3. The second-order valence-corrected chi connectivity index (χ2v) is 5.97. The Hall–Kier alpha value is -1.61. The number of hydrogen-bond donors (Lipinski definition) is 1. The summed E-state index contributed by atoms with van der Waals surface area (Å²) in [5, 5.41) is 4.92. The van der Waals surface area contributed by atoms with Crippen molar-refractivity contribution in [3.63, 3.8) is 0 Å². The maximum atomic E-state index is 6.00. The van der Waals surface area contributed by atoms with Gasteiger partial charge in [-0.2, -0.15) is 5.10 Å². The van der Waals surface area contributed by atoms with Gasteiger partial charge in [0.25, 0.3) is 0 Å². The minimum absolute atomic E-state index is 0.445. The fourth-order valence-electron chi connectivity index (χ4n) is 3.27. The van der Waals surface area contributed by atoms with Crippen molar-refractivity contribution in [2.75, 3.05) is 6.54 Å². The Balaban J connectivity index is 2.18. The maximum absolute atomic E-state index is 6.00. The van der Waals surface area contributed by atoms with Gasteiger partial charge >= 0.3 is 0 Å². The molecule has 0 amide bonds. The van der Waals surface area contributed by atoms with Crippen molar-refractivity contribution in [1.82, 2.24) is 9.78 Å². The Morgan fingerprint density at radius 1 is 1.30 bits per heavy atom. The lowest BCUT2D eigenvalue weighted by atomic mass is 9.83. The lowest BCUT2D eigenvalue weighted by Gasteiger charge is -2.23. The second-order valence-electron chi connectivity index (χ2n) is 5.97. The molecule has 1 aliphatic rings. The first kappa shape index (κ1) is 13.4. The molecule has 1 heterocycles. The van der Waals surface area contributed by atoms with Crippen LogP contribution in [0.25, 0.3) is 5.69 Å². The molecule has 1 aromatic carbocycles. The zero-order valence-electron chi connectivity index (χ0n) is 12.3. The van der Waals surface area contributed by atoms with E-state index in [9.17, 15) is 0 Å². The van der Waals surface area contributed by atoms with Crippen LogP contribution < -0.4 is 5.73 Å². The monoisotopic (exact) mass is 269 g/mol. The maximum Gasteiger partial charge on any atom is 0.0692 e. The van der Waals surface area contributed by atoms with Crippen molar-refractivity contribution in [2.24, 2.45) is 5.73 Å². The average molecular weight is 269 g/mol. The van der Waals surface area contributed by atoms with Crippen LogP contribution in [0.1, 0.15) is 55.5 Å². The van der Waals surface area contributed by atoms with Gasteiger partial charge in [0.05, 0.1) is 11.4 Å². The molecule has 0 bridgehead atoms. The summed E-state index contributed by atoms with van der Waals surface area (Å²) in [6.45, 7) is 5.17. The molecular weight excluding hydrogens is 246 g/mol. The zero-order valence-corrected chi connectivity index (χ0v) is 12.3. The predicted molar refractivity (Wildman–Crippen MR) is 82.4 cm³/mol. The van der Waals surface area contributed by atoms with E-state index >= 15 is 0 Å². The first-order valence-corrected chi connectivity index (χ1v) is 7.59. The van der Waals surface area contributed by atoms with Crippen LogP contribution in [0, 0.1) is 0 Å². The Morgan fingerprint density at radius 2 is 2.05 bits per heavy atom. The van der Waals surface area contributed by atoms with E-state index in [1.54, 1.807) is 0 Å². The molecule has 1 aliphatic carbocycles. The number of fused-ring (bicyclic) bond motifs is 1. The first-order valence-electron chi connectivity index (χ1n) is 7.59. The smallest absolute Gasteiger partial charge is 0.0692 e. The molecule has 1 atom stereocenters. The Labute approximate surface area is 120 Å². The van der Waals surface area contributed by atoms with E-state index < -0.39 is 0 Å². The van der Waals surface area contributed by atoms with Crippen molar-refractivity contribution in [1.29, 1.82) is 0 Å². The number of nitrogens with two attached hydrogens (primary N) is 1. The lowest BCUT2D eigenvalue weighted by Crippen LogP contribution is -2.19. The summed E-state index contributed by atoms with van der Waals surface area (Å²) >= 11 is 0. The van der Waals surface area contributed by atoms with E-state index in [1.165, 1.54) is 29.8 Å². The molecule has 3 rings (SSSR count). The third-order valence-corrected chi connectivity index (χ3v) is 4.26. The molecule has 2 N–H and O–H groups in total. The highest BCUT2D eigenvalue weighted by Gasteiger charge is 2.29. The number of aromatic nitrogens is 2. The largest absolute Gasteiger partial charge is 0.330 e. The van der Waals surface area contributed by atoms with Gasteiger partial charge in [-0.15, -0.1) is 0 Å². The van der Waals surface area contributed by atoms with Gasteiger partial charge in [0.1, 0.15) is 0 Å². The van der Waals surface area contributed by atoms with E-state index in [-0.39, 0.29) is 0 Å². The van der Waals surface area contributed by atoms with E-state index in [2.05, 4.69) is 42.8 Å². The molecule has 1 unspecified atom stereocenters. The molecule has 0 fully saturated rings. The van der Waals surface area contributed by atoms with E-state index in [4.69, 9.17) is 10.8 Å². The lowest BCUT2D eigenvalue weighted by molar-refractivity contribution is 0.545. The summed E-state index contributed by atoms with van der Waals surface area (Å²) in [4.78, 5) is 0. The highest BCUT2D eigenvalue weighted by atomic mass is 15.3. The molecule has 0 aliphatic heterocycles. The van der Waals surface area contributed by atoms with E-state index in [1.807, 2.05) is 6.07 Å². The van der Waals surface area contributed by atoms with Crippen LogP contribution in [-0.2, 0) is 6.42 Å². The molecule has 3 nitrogen and oxygen atoms in total. The topological polar surface area (TPSA) is 43.8 Å². The van der Waals surface area contributed by atoms with Crippen LogP contribution in [0.15, 0.2) is 30.3 Å². The molecular formula is C17H23N3. The molecule has 20 heavy (non-hydrogen) atoms. The van der Waals surface area contributed by atoms with Crippen LogP contribution in [0.5, 0.6) is 0 Å². The zero-order chi connectivity index (χ0) is 14.1. The van der Waals surface area contributed by atoms with Gasteiger partial charge in [-0.05, 0) is 49.8 Å². The molecule has 106 valence electrons. The Morgan fingerprint density at radius 3 is 2.70 bits per heavy atom. The molecule has 0 spiro atoms. The molecule has 3 heteroatoms. The van der Waals surface area contributed by atoms with E-state index in [0.29, 0.717) is 11.8 Å². The summed E-state index contributed by atoms with van der Waals surface area (Å²) in [7, 11) is 0. The van der Waals surface area contributed by atoms with Gasteiger partial charge in [-0.1, -0.05) is 32.0 Å². The van der Waals surface area contributed by atoms with Crippen LogP contribution in [0.2, 0.25) is 0 Å². The second kappa shape index (κ2) is 5.41. The average Bonchev–Trinajstić information content (AvgIpc) is 2.88. The predicted octanol–water partition coefficient (Wildman–Crippen LogP) is 3.37. The van der Waals surface area contributed by atoms with Gasteiger partial charge < -0.3 is 5.73 Å². The molecule has 1 aromatic heterocycles. The summed E-state index contributed by atoms with van der Waals surface area (Å²) < 4.78 is 2.15. The van der Waals surface area contributed by atoms with Crippen molar-refractivity contribution in [3.8, 4) is 5.69 Å². The van der Waals surface area contributed by atoms with Crippen LogP contribution in [0.4, 0.5) is 0 Å². The van der Waals surface area contributed by atoms with Crippen LogP contribution >= 0.6 is 0 Å². The van der Waals surface area contributed by atoms with Crippen molar-refractivity contribution in [3.05, 3.63) is 47.3 Å². The van der Waals surface area contributed by atoms with Crippen LogP contribution in [0.3, 0.4) is 0 Å². The first-order chi connectivity index (χ1) is 9.72. The van der Waals surface area contributed by atoms with Crippen molar-refractivity contribution in [2.45, 2.75) is 44.9 Å². The highest BCUT2D eigenvalue weighted by molar-refractivity contribution is 5.41. The summed E-state index contributed by atoms with van der Waals surface area (Å²) in [6, 6.07) is 10.4. The number of hydrogen-bond acceptors (Lipinski definition) is 2. The SMILES string of the molecule is CC(C)c1nn(-c2ccccc2)c2c1C(CN)CCC2. The van der Waals surface area contributed by atoms with Crippen LogP contribution in [-0.4, -0.2) is 16.3 Å². The number of nitrogens with zero attached hydrogens (tertiary/aromatic N) is 2. The third-order valence-electron chi connectivity index (χ3n) is 4.26. The quantitative estimate of drug-likeness (QED) is 0.928. The third kappa shape index (κ3) is 2.16. The summed E-state index contributed by atoms with van der Waals surface area (Å²) in [6.07, 6.45) is 3.52. The minimum Gasteiger partial charge on any atom is -0.330 e.